The molecule has 0 bridgehead atoms. The van der Waals surface area contributed by atoms with Gasteiger partial charge >= 0.3 is 0 Å². The van der Waals surface area contributed by atoms with Gasteiger partial charge in [-0.25, -0.2) is 14.6 Å². The first-order valence-electron chi connectivity index (χ1n) is 13.3. The molecular formula is C27H30N8O3. The summed E-state index contributed by atoms with van der Waals surface area (Å²) in [6.07, 6.45) is 10.7. The SMILES string of the molecule is O=C(C1CC1)N1CCC(O)(Cn2cnc3c(cnn3-c3ccc(N4CCCn5ccnc54)cc3)c2=O)CC1. The van der Waals surface area contributed by atoms with Crippen LogP contribution in [0.3, 0.4) is 0 Å². The molecule has 2 aliphatic heterocycles. The van der Waals surface area contributed by atoms with Crippen LogP contribution >= 0.6 is 0 Å². The molecule has 0 radical (unpaired) electrons. The summed E-state index contributed by atoms with van der Waals surface area (Å²) in [5.74, 6) is 1.32. The summed E-state index contributed by atoms with van der Waals surface area (Å²) in [6.45, 7) is 3.06. The Morgan fingerprint density at radius 1 is 1.03 bits per heavy atom. The number of aromatic nitrogens is 6. The highest BCUT2D eigenvalue weighted by Crippen LogP contribution is 2.33. The lowest BCUT2D eigenvalue weighted by atomic mass is 9.91. The molecule has 0 atom stereocenters. The molecule has 1 saturated heterocycles. The molecular weight excluding hydrogens is 484 g/mol. The van der Waals surface area contributed by atoms with Crippen molar-refractivity contribution in [3.8, 4) is 5.69 Å². The van der Waals surface area contributed by atoms with E-state index in [1.54, 1.807) is 4.68 Å². The fourth-order valence-electron chi connectivity index (χ4n) is 5.70. The zero-order chi connectivity index (χ0) is 25.9. The molecule has 11 nitrogen and oxygen atoms in total. The molecule has 0 spiro atoms. The van der Waals surface area contributed by atoms with Crippen LogP contribution < -0.4 is 10.5 Å². The van der Waals surface area contributed by atoms with Gasteiger partial charge in [-0.15, -0.1) is 0 Å². The van der Waals surface area contributed by atoms with E-state index in [0.29, 0.717) is 37.0 Å². The molecule has 4 aromatic rings. The minimum atomic E-state index is -1.05. The standard InChI is InChI=1S/C27H30N8O3/c36-24(19-2-3-19)31-13-8-27(38,9-14-31)17-33-18-29-23-22(25(33)37)16-30-35(23)21-6-4-20(5-7-21)34-12-1-11-32-15-10-28-26(32)34/h4-7,10,15-16,18-19,38H,1-3,8-9,11-14,17H2. The van der Waals surface area contributed by atoms with Gasteiger partial charge in [0.15, 0.2) is 5.65 Å². The molecule has 0 unspecified atom stereocenters. The molecule has 1 N–H and O–H groups in total. The molecule has 1 aliphatic carbocycles. The molecule has 196 valence electrons. The molecule has 5 heterocycles. The normalized spacial score (nSPS) is 19.1. The van der Waals surface area contributed by atoms with Gasteiger partial charge in [-0.3, -0.25) is 14.2 Å². The molecule has 3 aliphatic rings. The van der Waals surface area contributed by atoms with Crippen LogP contribution in [0.5, 0.6) is 0 Å². The number of nitrogens with zero attached hydrogens (tertiary/aromatic N) is 8. The highest BCUT2D eigenvalue weighted by atomic mass is 16.3. The maximum atomic E-state index is 13.3. The second-order valence-electron chi connectivity index (χ2n) is 10.7. The van der Waals surface area contributed by atoms with Gasteiger partial charge in [-0.2, -0.15) is 5.10 Å². The number of rotatable bonds is 5. The minimum absolute atomic E-state index is 0.145. The van der Waals surface area contributed by atoms with Gasteiger partial charge in [0.05, 0.1) is 24.0 Å². The molecule has 1 aromatic carbocycles. The van der Waals surface area contributed by atoms with Crippen molar-refractivity contribution < 1.29 is 9.90 Å². The number of piperidine rings is 1. The van der Waals surface area contributed by atoms with Crippen LogP contribution in [-0.4, -0.2) is 70.0 Å². The van der Waals surface area contributed by atoms with Gasteiger partial charge in [-0.1, -0.05) is 0 Å². The van der Waals surface area contributed by atoms with E-state index in [-0.39, 0.29) is 23.9 Å². The van der Waals surface area contributed by atoms with Crippen LogP contribution in [0, 0.1) is 5.92 Å². The number of imidazole rings is 1. The molecule has 11 heteroatoms. The third-order valence-electron chi connectivity index (χ3n) is 8.07. The van der Waals surface area contributed by atoms with Gasteiger partial charge in [0.1, 0.15) is 11.7 Å². The molecule has 3 aromatic heterocycles. The van der Waals surface area contributed by atoms with Gasteiger partial charge < -0.3 is 19.5 Å². The first-order valence-corrected chi connectivity index (χ1v) is 13.3. The Bertz CT molecular complexity index is 1560. The van der Waals surface area contributed by atoms with Crippen LogP contribution in [0.25, 0.3) is 16.7 Å². The van der Waals surface area contributed by atoms with E-state index in [9.17, 15) is 14.7 Å². The minimum Gasteiger partial charge on any atom is -0.388 e. The monoisotopic (exact) mass is 514 g/mol. The van der Waals surface area contributed by atoms with Crippen molar-refractivity contribution in [3.05, 3.63) is 59.5 Å². The molecule has 1 saturated carbocycles. The van der Waals surface area contributed by atoms with Crippen LogP contribution in [0.2, 0.25) is 0 Å². The van der Waals surface area contributed by atoms with Crippen molar-refractivity contribution in [1.29, 1.82) is 0 Å². The van der Waals surface area contributed by atoms with Gasteiger partial charge in [0.25, 0.3) is 5.56 Å². The van der Waals surface area contributed by atoms with Gasteiger partial charge in [0, 0.05) is 50.2 Å². The van der Waals surface area contributed by atoms with E-state index < -0.39 is 5.60 Å². The highest BCUT2D eigenvalue weighted by molar-refractivity contribution is 5.81. The first-order chi connectivity index (χ1) is 18.5. The van der Waals surface area contributed by atoms with Crippen molar-refractivity contribution in [2.24, 2.45) is 5.92 Å². The third kappa shape index (κ3) is 3.97. The highest BCUT2D eigenvalue weighted by Gasteiger charge is 2.39. The Morgan fingerprint density at radius 2 is 1.79 bits per heavy atom. The van der Waals surface area contributed by atoms with Crippen molar-refractivity contribution in [1.82, 2.24) is 33.8 Å². The number of anilines is 2. The quantitative estimate of drug-likeness (QED) is 0.434. The van der Waals surface area contributed by atoms with E-state index >= 15 is 0 Å². The fourth-order valence-corrected chi connectivity index (χ4v) is 5.70. The average molecular weight is 515 g/mol. The number of likely N-dealkylation sites (tertiary alicyclic amines) is 1. The average Bonchev–Trinajstić information content (AvgIpc) is 3.51. The van der Waals surface area contributed by atoms with Crippen LogP contribution in [-0.2, 0) is 17.9 Å². The smallest absolute Gasteiger partial charge is 0.264 e. The number of hydrogen-bond acceptors (Lipinski definition) is 7. The van der Waals surface area contributed by atoms with Crippen molar-refractivity contribution in [2.75, 3.05) is 24.5 Å². The van der Waals surface area contributed by atoms with Crippen LogP contribution in [0.4, 0.5) is 11.6 Å². The topological polar surface area (TPSA) is 114 Å². The zero-order valence-corrected chi connectivity index (χ0v) is 21.1. The molecule has 7 rings (SSSR count). The van der Waals surface area contributed by atoms with Crippen molar-refractivity contribution in [3.63, 3.8) is 0 Å². The number of fused-ring (bicyclic) bond motifs is 2. The number of hydrogen-bond donors (Lipinski definition) is 1. The lowest BCUT2D eigenvalue weighted by Gasteiger charge is -2.38. The summed E-state index contributed by atoms with van der Waals surface area (Å²) in [5.41, 5.74) is 1.05. The zero-order valence-electron chi connectivity index (χ0n) is 21.1. The summed E-state index contributed by atoms with van der Waals surface area (Å²) >= 11 is 0. The first kappa shape index (κ1) is 23.2. The second kappa shape index (κ2) is 8.80. The van der Waals surface area contributed by atoms with Crippen LogP contribution in [0.15, 0.2) is 54.0 Å². The van der Waals surface area contributed by atoms with Crippen molar-refractivity contribution >= 4 is 28.6 Å². The Labute approximate surface area is 218 Å². The van der Waals surface area contributed by atoms with Crippen LogP contribution in [0.1, 0.15) is 32.1 Å². The maximum Gasteiger partial charge on any atom is 0.264 e. The second-order valence-corrected chi connectivity index (χ2v) is 10.7. The van der Waals surface area contributed by atoms with E-state index in [0.717, 1.165) is 49.7 Å². The Kier molecular flexibility index (Phi) is 5.36. The Balaban J connectivity index is 1.10. The lowest BCUT2D eigenvalue weighted by Crippen LogP contribution is -2.50. The Hall–Kier alpha value is -3.99. The number of benzene rings is 1. The van der Waals surface area contributed by atoms with E-state index in [1.807, 2.05) is 41.6 Å². The number of aryl methyl sites for hydroxylation is 1. The van der Waals surface area contributed by atoms with E-state index in [4.69, 9.17) is 0 Å². The Morgan fingerprint density at radius 3 is 2.55 bits per heavy atom. The summed E-state index contributed by atoms with van der Waals surface area (Å²) < 4.78 is 5.29. The predicted octanol–water partition coefficient (Wildman–Crippen LogP) is 2.08. The number of aliphatic hydroxyl groups is 1. The molecule has 1 amide bonds. The maximum absolute atomic E-state index is 13.3. The van der Waals surface area contributed by atoms with E-state index in [1.165, 1.54) is 17.1 Å². The lowest BCUT2D eigenvalue weighted by molar-refractivity contribution is -0.137. The largest absolute Gasteiger partial charge is 0.388 e. The molecule has 2 fully saturated rings. The predicted molar refractivity (Wildman–Crippen MR) is 140 cm³/mol. The number of carbonyl (C=O) groups excluding carboxylic acids is 1. The van der Waals surface area contributed by atoms with Crippen molar-refractivity contribution in [2.45, 2.75) is 50.8 Å². The summed E-state index contributed by atoms with van der Waals surface area (Å²) in [7, 11) is 0. The third-order valence-corrected chi connectivity index (χ3v) is 8.07. The summed E-state index contributed by atoms with van der Waals surface area (Å²) in [5, 5.41) is 16.0. The fraction of sp³-hybridized carbons (Fsp3) is 0.444. The summed E-state index contributed by atoms with van der Waals surface area (Å²) in [4.78, 5) is 38.7. The van der Waals surface area contributed by atoms with E-state index in [2.05, 4.69) is 24.5 Å². The summed E-state index contributed by atoms with van der Waals surface area (Å²) in [6, 6.07) is 8.00. The van der Waals surface area contributed by atoms with Gasteiger partial charge in [-0.05, 0) is 56.4 Å². The molecule has 38 heavy (non-hydrogen) atoms. The number of carbonyl (C=O) groups is 1. The van der Waals surface area contributed by atoms with Gasteiger partial charge in [0.2, 0.25) is 11.9 Å². The number of amides is 1.